The maximum Gasteiger partial charge on any atom is 0.231 e. The van der Waals surface area contributed by atoms with Gasteiger partial charge in [0.2, 0.25) is 11.8 Å². The van der Waals surface area contributed by atoms with Gasteiger partial charge in [0.15, 0.2) is 0 Å². The molecule has 3 N–H and O–H groups in total. The van der Waals surface area contributed by atoms with E-state index >= 15 is 0 Å². The van der Waals surface area contributed by atoms with Crippen molar-refractivity contribution in [2.75, 3.05) is 19.6 Å². The van der Waals surface area contributed by atoms with Crippen LogP contribution < -0.4 is 11.1 Å². The van der Waals surface area contributed by atoms with Crippen molar-refractivity contribution in [3.05, 3.63) is 48.0 Å². The van der Waals surface area contributed by atoms with Gasteiger partial charge in [0.25, 0.3) is 0 Å². The van der Waals surface area contributed by atoms with Gasteiger partial charge >= 0.3 is 0 Å². The van der Waals surface area contributed by atoms with Gasteiger partial charge in [0.05, 0.1) is 13.1 Å². The standard InChI is InChI=1S/C19H22FN3O3/c20-15-3-1-13(2-4-15)17-6-5-16(26-17)11-22-19(25)14-7-9-23(10-8-14)12-18(21)24/h1-6,14H,7-12H2,(H2,21,24)(H,22,25). The van der Waals surface area contributed by atoms with E-state index in [9.17, 15) is 14.0 Å². The summed E-state index contributed by atoms with van der Waals surface area (Å²) < 4.78 is 18.7. The van der Waals surface area contributed by atoms with Gasteiger partial charge in [-0.15, -0.1) is 0 Å². The summed E-state index contributed by atoms with van der Waals surface area (Å²) in [5.41, 5.74) is 5.98. The van der Waals surface area contributed by atoms with Gasteiger partial charge in [0, 0.05) is 11.5 Å². The van der Waals surface area contributed by atoms with Crippen LogP contribution >= 0.6 is 0 Å². The van der Waals surface area contributed by atoms with Crippen LogP contribution in [0.25, 0.3) is 11.3 Å². The Balaban J connectivity index is 1.48. The molecule has 2 heterocycles. The molecule has 6 nitrogen and oxygen atoms in total. The highest BCUT2D eigenvalue weighted by atomic mass is 19.1. The number of nitrogens with zero attached hydrogens (tertiary/aromatic N) is 1. The van der Waals surface area contributed by atoms with Crippen LogP contribution in [0.3, 0.4) is 0 Å². The van der Waals surface area contributed by atoms with Crippen LogP contribution in [0.1, 0.15) is 18.6 Å². The Morgan fingerprint density at radius 3 is 2.50 bits per heavy atom. The molecule has 2 aromatic rings. The lowest BCUT2D eigenvalue weighted by molar-refractivity contribution is -0.126. The van der Waals surface area contributed by atoms with Crippen molar-refractivity contribution < 1.29 is 18.4 Å². The summed E-state index contributed by atoms with van der Waals surface area (Å²) in [5.74, 6) is 0.560. The van der Waals surface area contributed by atoms with Gasteiger partial charge in [-0.05, 0) is 62.3 Å². The van der Waals surface area contributed by atoms with Crippen LogP contribution in [-0.4, -0.2) is 36.3 Å². The number of halogens is 1. The fraction of sp³-hybridized carbons (Fsp3) is 0.368. The predicted octanol–water partition coefficient (Wildman–Crippen LogP) is 1.90. The lowest BCUT2D eigenvalue weighted by atomic mass is 9.96. The Labute approximate surface area is 151 Å². The van der Waals surface area contributed by atoms with Crippen molar-refractivity contribution in [1.29, 1.82) is 0 Å². The van der Waals surface area contributed by atoms with Crippen LogP contribution in [0, 0.1) is 11.7 Å². The van der Waals surface area contributed by atoms with Gasteiger partial charge < -0.3 is 15.5 Å². The number of likely N-dealkylation sites (tertiary alicyclic amines) is 1. The van der Waals surface area contributed by atoms with Gasteiger partial charge in [-0.3, -0.25) is 14.5 Å². The third kappa shape index (κ3) is 4.70. The summed E-state index contributed by atoms with van der Waals surface area (Å²) in [6.07, 6.45) is 1.41. The molecule has 7 heteroatoms. The number of amides is 2. The summed E-state index contributed by atoms with van der Waals surface area (Å²) in [5, 5.41) is 2.90. The zero-order chi connectivity index (χ0) is 18.5. The largest absolute Gasteiger partial charge is 0.459 e. The van der Waals surface area contributed by atoms with Crippen LogP contribution in [-0.2, 0) is 16.1 Å². The molecule has 3 rings (SSSR count). The number of rotatable bonds is 6. The lowest BCUT2D eigenvalue weighted by Crippen LogP contribution is -2.43. The Bertz CT molecular complexity index is 765. The van der Waals surface area contributed by atoms with Crippen LogP contribution in [0.4, 0.5) is 4.39 Å². The van der Waals surface area contributed by atoms with Crippen molar-refractivity contribution in [2.45, 2.75) is 19.4 Å². The molecule has 1 aliphatic rings. The maximum atomic E-state index is 13.0. The van der Waals surface area contributed by atoms with Crippen molar-refractivity contribution in [2.24, 2.45) is 11.7 Å². The molecule has 1 fully saturated rings. The third-order valence-corrected chi connectivity index (χ3v) is 4.57. The maximum absolute atomic E-state index is 13.0. The number of carbonyl (C=O) groups excluding carboxylic acids is 2. The minimum atomic E-state index is -0.345. The van der Waals surface area contributed by atoms with Crippen LogP contribution in [0.5, 0.6) is 0 Å². The molecule has 1 saturated heterocycles. The highest BCUT2D eigenvalue weighted by Crippen LogP contribution is 2.23. The van der Waals surface area contributed by atoms with E-state index in [2.05, 4.69) is 5.32 Å². The first kappa shape index (κ1) is 18.1. The van der Waals surface area contributed by atoms with Crippen LogP contribution in [0.15, 0.2) is 40.8 Å². The van der Waals surface area contributed by atoms with Crippen LogP contribution in [0.2, 0.25) is 0 Å². The number of piperidine rings is 1. The molecule has 0 aliphatic carbocycles. The first-order valence-corrected chi connectivity index (χ1v) is 8.64. The molecule has 0 bridgehead atoms. The topological polar surface area (TPSA) is 88.6 Å². The van der Waals surface area contributed by atoms with E-state index in [1.165, 1.54) is 12.1 Å². The zero-order valence-electron chi connectivity index (χ0n) is 14.4. The predicted molar refractivity (Wildman–Crippen MR) is 94.3 cm³/mol. The first-order chi connectivity index (χ1) is 12.5. The SMILES string of the molecule is NC(=O)CN1CCC(C(=O)NCc2ccc(-c3ccc(F)cc3)o2)CC1. The Morgan fingerprint density at radius 2 is 1.85 bits per heavy atom. The fourth-order valence-electron chi connectivity index (χ4n) is 3.13. The Morgan fingerprint density at radius 1 is 1.15 bits per heavy atom. The molecule has 1 aromatic heterocycles. The Hall–Kier alpha value is -2.67. The number of hydrogen-bond acceptors (Lipinski definition) is 4. The monoisotopic (exact) mass is 359 g/mol. The van der Waals surface area contributed by atoms with E-state index in [0.29, 0.717) is 44.0 Å². The number of nitrogens with two attached hydrogens (primary N) is 1. The van der Waals surface area contributed by atoms with Crippen molar-refractivity contribution in [3.8, 4) is 11.3 Å². The first-order valence-electron chi connectivity index (χ1n) is 8.64. The average Bonchev–Trinajstić information content (AvgIpc) is 3.09. The molecular weight excluding hydrogens is 337 g/mol. The normalized spacial score (nSPS) is 15.7. The minimum absolute atomic E-state index is 0.0107. The molecule has 0 unspecified atom stereocenters. The Kier molecular flexibility index (Phi) is 5.68. The number of furan rings is 1. The van der Waals surface area contributed by atoms with E-state index in [4.69, 9.17) is 10.2 Å². The van der Waals surface area contributed by atoms with Gasteiger partial charge in [-0.25, -0.2) is 4.39 Å². The summed E-state index contributed by atoms with van der Waals surface area (Å²) in [7, 11) is 0. The van der Waals surface area contributed by atoms with E-state index in [0.717, 1.165) is 5.56 Å². The van der Waals surface area contributed by atoms with Gasteiger partial charge in [-0.2, -0.15) is 0 Å². The second kappa shape index (κ2) is 8.14. The summed E-state index contributed by atoms with van der Waals surface area (Å²) in [6, 6.07) is 9.66. The molecule has 1 aromatic carbocycles. The smallest absolute Gasteiger partial charge is 0.231 e. The molecule has 1 aliphatic heterocycles. The quantitative estimate of drug-likeness (QED) is 0.824. The van der Waals surface area contributed by atoms with E-state index in [1.54, 1.807) is 24.3 Å². The highest BCUT2D eigenvalue weighted by molar-refractivity contribution is 5.79. The molecule has 2 amide bonds. The molecule has 138 valence electrons. The van der Waals surface area contributed by atoms with Crippen molar-refractivity contribution >= 4 is 11.8 Å². The summed E-state index contributed by atoms with van der Waals surface area (Å²) in [6.45, 7) is 1.93. The average molecular weight is 359 g/mol. The molecule has 0 atom stereocenters. The van der Waals surface area contributed by atoms with Crippen molar-refractivity contribution in [1.82, 2.24) is 10.2 Å². The second-order valence-electron chi connectivity index (χ2n) is 6.51. The molecule has 26 heavy (non-hydrogen) atoms. The number of primary amides is 1. The molecule has 0 radical (unpaired) electrons. The lowest BCUT2D eigenvalue weighted by Gasteiger charge is -2.30. The second-order valence-corrected chi connectivity index (χ2v) is 6.51. The molecule has 0 spiro atoms. The number of nitrogens with one attached hydrogen (secondary N) is 1. The molecule has 0 saturated carbocycles. The number of carbonyl (C=O) groups is 2. The fourth-order valence-corrected chi connectivity index (χ4v) is 3.13. The summed E-state index contributed by atoms with van der Waals surface area (Å²) >= 11 is 0. The van der Waals surface area contributed by atoms with E-state index in [-0.39, 0.29) is 30.1 Å². The zero-order valence-corrected chi connectivity index (χ0v) is 14.4. The van der Waals surface area contributed by atoms with Gasteiger partial charge in [0.1, 0.15) is 17.3 Å². The molecular formula is C19H22FN3O3. The minimum Gasteiger partial charge on any atom is -0.459 e. The van der Waals surface area contributed by atoms with E-state index in [1.807, 2.05) is 4.90 Å². The highest BCUT2D eigenvalue weighted by Gasteiger charge is 2.25. The van der Waals surface area contributed by atoms with E-state index < -0.39 is 0 Å². The number of benzene rings is 1. The third-order valence-electron chi connectivity index (χ3n) is 4.57. The van der Waals surface area contributed by atoms with Crippen molar-refractivity contribution in [3.63, 3.8) is 0 Å². The number of hydrogen-bond donors (Lipinski definition) is 2. The summed E-state index contributed by atoms with van der Waals surface area (Å²) in [4.78, 5) is 25.2. The van der Waals surface area contributed by atoms with Gasteiger partial charge in [-0.1, -0.05) is 0 Å².